The summed E-state index contributed by atoms with van der Waals surface area (Å²) in [5, 5.41) is 14.7. The number of carbonyl (C=O) groups is 3. The van der Waals surface area contributed by atoms with Crippen molar-refractivity contribution in [3.63, 3.8) is 0 Å². The summed E-state index contributed by atoms with van der Waals surface area (Å²) >= 11 is 0. The van der Waals surface area contributed by atoms with Crippen LogP contribution in [-0.4, -0.2) is 54.5 Å². The van der Waals surface area contributed by atoms with Crippen LogP contribution in [0.3, 0.4) is 0 Å². The first-order valence-electron chi connectivity index (χ1n) is 11.5. The molecule has 34 heavy (non-hydrogen) atoms. The first-order chi connectivity index (χ1) is 16.5. The summed E-state index contributed by atoms with van der Waals surface area (Å²) in [5.41, 5.74) is 4.56. The lowest BCUT2D eigenvalue weighted by Crippen LogP contribution is -2.50. The van der Waals surface area contributed by atoms with Gasteiger partial charge in [0, 0.05) is 18.6 Å². The van der Waals surface area contributed by atoms with Gasteiger partial charge in [-0.25, -0.2) is 4.79 Å². The van der Waals surface area contributed by atoms with E-state index < -0.39 is 30.1 Å². The van der Waals surface area contributed by atoms with E-state index in [4.69, 9.17) is 14.6 Å². The highest BCUT2D eigenvalue weighted by molar-refractivity contribution is 5.84. The van der Waals surface area contributed by atoms with E-state index in [2.05, 4.69) is 34.9 Å². The second kappa shape index (κ2) is 9.30. The van der Waals surface area contributed by atoms with Crippen molar-refractivity contribution in [3.05, 3.63) is 71.8 Å². The number of rotatable bonds is 6. The van der Waals surface area contributed by atoms with Crippen LogP contribution in [0.1, 0.15) is 29.9 Å². The minimum absolute atomic E-state index is 0.0478. The van der Waals surface area contributed by atoms with Gasteiger partial charge in [-0.3, -0.25) is 9.59 Å². The molecule has 2 unspecified atom stereocenters. The van der Waals surface area contributed by atoms with Crippen LogP contribution in [0.25, 0.3) is 11.1 Å². The molecule has 4 atom stereocenters. The van der Waals surface area contributed by atoms with Gasteiger partial charge >= 0.3 is 12.1 Å². The van der Waals surface area contributed by atoms with Crippen LogP contribution in [-0.2, 0) is 19.1 Å². The number of hydrogen-bond donors (Lipinski definition) is 3. The van der Waals surface area contributed by atoms with Gasteiger partial charge in [0.15, 0.2) is 6.10 Å². The average molecular weight is 463 g/mol. The maximum Gasteiger partial charge on any atom is 0.407 e. The normalized spacial score (nSPS) is 24.9. The Morgan fingerprint density at radius 3 is 2.29 bits per heavy atom. The number of nitrogens with one attached hydrogen (secondary N) is 2. The number of carbonyl (C=O) groups excluding carboxylic acids is 2. The van der Waals surface area contributed by atoms with Gasteiger partial charge in [0.05, 0.1) is 12.0 Å². The van der Waals surface area contributed by atoms with Crippen LogP contribution in [0.2, 0.25) is 0 Å². The van der Waals surface area contributed by atoms with E-state index in [0.29, 0.717) is 19.4 Å². The summed E-state index contributed by atoms with van der Waals surface area (Å²) in [5.74, 6) is -1.94. The monoisotopic (exact) mass is 462 g/mol. The summed E-state index contributed by atoms with van der Waals surface area (Å²) in [6.45, 7) is 0.526. The standard InChI is InChI=1S/C26H26N2O6/c29-24(27-16-10-9-15(13-16)25(30)31)23-22(11-12-33-23)28-26(32)34-14-21-19-7-3-1-5-17(19)18-6-2-4-8-20(18)21/h1-10,15-16,21-23H,11-14H2,(H,27,29)(H,28,32)(H,30,31)/t15?,16?,22-,23+/m0/s1. The summed E-state index contributed by atoms with van der Waals surface area (Å²) in [4.78, 5) is 36.4. The summed E-state index contributed by atoms with van der Waals surface area (Å²) in [7, 11) is 0. The molecule has 0 saturated carbocycles. The zero-order valence-corrected chi connectivity index (χ0v) is 18.5. The molecule has 0 spiro atoms. The Kier molecular flexibility index (Phi) is 6.06. The zero-order valence-electron chi connectivity index (χ0n) is 18.5. The molecule has 1 heterocycles. The maximum absolute atomic E-state index is 12.7. The first kappa shape index (κ1) is 22.2. The van der Waals surface area contributed by atoms with E-state index in [1.165, 1.54) is 0 Å². The molecule has 3 aliphatic rings. The molecule has 5 rings (SSSR count). The van der Waals surface area contributed by atoms with Gasteiger partial charge in [-0.05, 0) is 35.1 Å². The van der Waals surface area contributed by atoms with Crippen molar-refractivity contribution in [3.8, 4) is 11.1 Å². The molecule has 0 aromatic heterocycles. The van der Waals surface area contributed by atoms with E-state index in [-0.39, 0.29) is 24.5 Å². The Morgan fingerprint density at radius 1 is 0.971 bits per heavy atom. The third-order valence-corrected chi connectivity index (χ3v) is 6.73. The number of benzene rings is 2. The molecule has 2 aromatic rings. The second-order valence-corrected chi connectivity index (χ2v) is 8.84. The Balaban J connectivity index is 1.17. The third kappa shape index (κ3) is 4.28. The van der Waals surface area contributed by atoms with Crippen molar-refractivity contribution >= 4 is 18.0 Å². The molecule has 2 aliphatic carbocycles. The molecule has 0 bridgehead atoms. The van der Waals surface area contributed by atoms with Crippen molar-refractivity contribution in [1.29, 1.82) is 0 Å². The number of aliphatic carboxylic acids is 1. The molecule has 2 aromatic carbocycles. The molecule has 0 radical (unpaired) electrons. The molecule has 1 saturated heterocycles. The summed E-state index contributed by atoms with van der Waals surface area (Å²) in [6.07, 6.45) is 2.60. The highest BCUT2D eigenvalue weighted by atomic mass is 16.6. The number of amides is 2. The highest BCUT2D eigenvalue weighted by Crippen LogP contribution is 2.44. The fourth-order valence-electron chi connectivity index (χ4n) is 5.04. The second-order valence-electron chi connectivity index (χ2n) is 8.84. The summed E-state index contributed by atoms with van der Waals surface area (Å²) < 4.78 is 11.2. The Hall–Kier alpha value is -3.65. The largest absolute Gasteiger partial charge is 0.481 e. The molecular weight excluding hydrogens is 436 g/mol. The molecule has 8 heteroatoms. The van der Waals surface area contributed by atoms with Gasteiger partial charge in [0.1, 0.15) is 6.61 Å². The zero-order chi connectivity index (χ0) is 23.7. The van der Waals surface area contributed by atoms with Crippen LogP contribution < -0.4 is 10.6 Å². The lowest BCUT2D eigenvalue weighted by Gasteiger charge is -2.22. The number of hydrogen-bond acceptors (Lipinski definition) is 5. The van der Waals surface area contributed by atoms with Crippen molar-refractivity contribution < 1.29 is 29.0 Å². The Labute approximate surface area is 196 Å². The lowest BCUT2D eigenvalue weighted by atomic mass is 9.98. The topological polar surface area (TPSA) is 114 Å². The van der Waals surface area contributed by atoms with Crippen molar-refractivity contribution in [2.75, 3.05) is 13.2 Å². The molecule has 1 aliphatic heterocycles. The van der Waals surface area contributed by atoms with Gasteiger partial charge in [-0.2, -0.15) is 0 Å². The van der Waals surface area contributed by atoms with Crippen LogP contribution in [0.5, 0.6) is 0 Å². The van der Waals surface area contributed by atoms with E-state index in [9.17, 15) is 14.4 Å². The van der Waals surface area contributed by atoms with E-state index >= 15 is 0 Å². The lowest BCUT2D eigenvalue weighted by molar-refractivity contribution is -0.140. The fraction of sp³-hybridized carbons (Fsp3) is 0.346. The number of ether oxygens (including phenoxy) is 2. The maximum atomic E-state index is 12.7. The van der Waals surface area contributed by atoms with Gasteiger partial charge in [0.2, 0.25) is 0 Å². The minimum atomic E-state index is -0.917. The van der Waals surface area contributed by atoms with Gasteiger partial charge in [-0.15, -0.1) is 0 Å². The van der Waals surface area contributed by atoms with Crippen molar-refractivity contribution in [2.45, 2.75) is 36.9 Å². The Bertz CT molecular complexity index is 1100. The van der Waals surface area contributed by atoms with Gasteiger partial charge in [0.25, 0.3) is 5.91 Å². The average Bonchev–Trinajstić information content (AvgIpc) is 3.56. The number of fused-ring (bicyclic) bond motifs is 3. The number of alkyl carbamates (subject to hydrolysis) is 1. The minimum Gasteiger partial charge on any atom is -0.481 e. The highest BCUT2D eigenvalue weighted by Gasteiger charge is 2.37. The number of carboxylic acid groups (broad SMARTS) is 1. The first-order valence-corrected chi connectivity index (χ1v) is 11.5. The molecule has 8 nitrogen and oxygen atoms in total. The molecule has 176 valence electrons. The Morgan fingerprint density at radius 2 is 1.65 bits per heavy atom. The van der Waals surface area contributed by atoms with Crippen molar-refractivity contribution in [2.24, 2.45) is 5.92 Å². The van der Waals surface area contributed by atoms with E-state index in [1.807, 2.05) is 24.3 Å². The fourth-order valence-corrected chi connectivity index (χ4v) is 5.04. The van der Waals surface area contributed by atoms with Crippen LogP contribution >= 0.6 is 0 Å². The smallest absolute Gasteiger partial charge is 0.407 e. The summed E-state index contributed by atoms with van der Waals surface area (Å²) in [6, 6.07) is 15.3. The van der Waals surface area contributed by atoms with Gasteiger partial charge in [-0.1, -0.05) is 60.7 Å². The van der Waals surface area contributed by atoms with E-state index in [0.717, 1.165) is 22.3 Å². The number of carboxylic acids is 1. The van der Waals surface area contributed by atoms with Crippen LogP contribution in [0.15, 0.2) is 60.7 Å². The quantitative estimate of drug-likeness (QED) is 0.569. The molecule has 1 fully saturated rings. The van der Waals surface area contributed by atoms with Crippen LogP contribution in [0.4, 0.5) is 4.79 Å². The SMILES string of the molecule is O=C(N[C@H]1CCO[C@H]1C(=O)NC1C=CC(C(=O)O)C1)OCC1c2ccccc2-c2ccccc21. The van der Waals surface area contributed by atoms with Crippen molar-refractivity contribution in [1.82, 2.24) is 10.6 Å². The third-order valence-electron chi connectivity index (χ3n) is 6.73. The predicted molar refractivity (Wildman–Crippen MR) is 123 cm³/mol. The molecular formula is C26H26N2O6. The predicted octanol–water partition coefficient (Wildman–Crippen LogP) is 2.83. The molecule has 3 N–H and O–H groups in total. The molecule has 2 amide bonds. The van der Waals surface area contributed by atoms with Crippen LogP contribution in [0, 0.1) is 5.92 Å². The van der Waals surface area contributed by atoms with Gasteiger partial charge < -0.3 is 25.2 Å². The van der Waals surface area contributed by atoms with E-state index in [1.54, 1.807) is 12.2 Å².